The van der Waals surface area contributed by atoms with E-state index in [4.69, 9.17) is 5.11 Å². The number of phenols is 1. The summed E-state index contributed by atoms with van der Waals surface area (Å²) in [6.07, 6.45) is 1.87. The summed E-state index contributed by atoms with van der Waals surface area (Å²) in [6, 6.07) is 20.9. The number of nitro groups is 3. The van der Waals surface area contributed by atoms with Crippen LogP contribution in [0.15, 0.2) is 77.8 Å². The predicted molar refractivity (Wildman–Crippen MR) is 108 cm³/mol. The van der Waals surface area contributed by atoms with Crippen LogP contribution in [-0.2, 0) is 0 Å². The second-order valence-corrected chi connectivity index (χ2v) is 5.61. The molecule has 1 N–H and O–H groups in total. The van der Waals surface area contributed by atoms with Crippen LogP contribution in [-0.4, -0.2) is 26.1 Å². The molecule has 3 aromatic rings. The molecule has 0 aliphatic heterocycles. The fourth-order valence-corrected chi connectivity index (χ4v) is 2.18. The number of phenolic OH excluding ortho intramolecular Hbond substituents is 1. The summed E-state index contributed by atoms with van der Waals surface area (Å²) in [4.78, 5) is 32.1. The first-order chi connectivity index (χ1) is 14.3. The Kier molecular flexibility index (Phi) is 7.23. The highest BCUT2D eigenvalue weighted by Gasteiger charge is 2.30. The molecule has 0 aliphatic carbocycles. The van der Waals surface area contributed by atoms with Crippen LogP contribution in [0.2, 0.25) is 0 Å². The zero-order valence-corrected chi connectivity index (χ0v) is 15.2. The highest BCUT2D eigenvalue weighted by atomic mass is 16.6. The first-order valence-electron chi connectivity index (χ1n) is 8.24. The molecule has 0 bridgehead atoms. The van der Waals surface area contributed by atoms with E-state index >= 15 is 0 Å². The van der Waals surface area contributed by atoms with Crippen LogP contribution in [0.5, 0.6) is 5.75 Å². The topological polar surface area (TPSA) is 162 Å². The number of non-ortho nitro benzene ring substituents is 1. The minimum absolute atomic E-state index is 0.447. The van der Waals surface area contributed by atoms with Crippen molar-refractivity contribution in [1.82, 2.24) is 0 Å². The Bertz CT molecular complexity index is 1010. The average molecular weight is 410 g/mol. The molecule has 0 fully saturated rings. The number of para-hydroxylation sites is 1. The molecule has 0 unspecified atom stereocenters. The molecule has 0 aromatic heterocycles. The summed E-state index contributed by atoms with van der Waals surface area (Å²) in [5.74, 6) is -1.21. The molecule has 0 radical (unpaired) electrons. The molecule has 11 heteroatoms. The standard InChI is InChI=1S/C13H11N.C6H3N3O7/c1-3-7-12(8-4-1)11-14-13-9-5-2-6-10-13;10-6-4(8(13)14)1-3(7(11)12)2-5(6)9(15)16/h1-11H;1-2,10H. The zero-order valence-electron chi connectivity index (χ0n) is 15.2. The van der Waals surface area contributed by atoms with E-state index < -0.39 is 37.6 Å². The minimum atomic E-state index is -1.21. The van der Waals surface area contributed by atoms with Gasteiger partial charge in [0, 0.05) is 6.21 Å². The summed E-state index contributed by atoms with van der Waals surface area (Å²) >= 11 is 0. The normalized spacial score (nSPS) is 10.1. The van der Waals surface area contributed by atoms with E-state index in [-0.39, 0.29) is 0 Å². The van der Waals surface area contributed by atoms with E-state index in [1.807, 2.05) is 66.9 Å². The fraction of sp³-hybridized carbons (Fsp3) is 0. The van der Waals surface area contributed by atoms with E-state index in [2.05, 4.69) is 4.99 Å². The number of hydrogen-bond donors (Lipinski definition) is 1. The van der Waals surface area contributed by atoms with Gasteiger partial charge >= 0.3 is 11.4 Å². The molecule has 0 heterocycles. The lowest BCUT2D eigenvalue weighted by Gasteiger charge is -1.97. The Balaban J connectivity index is 0.000000215. The Hall–Kier alpha value is -4.67. The number of nitro benzene ring substituents is 3. The first kappa shape index (κ1) is 21.6. The lowest BCUT2D eigenvalue weighted by atomic mass is 10.2. The third-order valence-corrected chi connectivity index (χ3v) is 3.58. The van der Waals surface area contributed by atoms with Crippen LogP contribution in [0.25, 0.3) is 0 Å². The van der Waals surface area contributed by atoms with Gasteiger partial charge in [0.2, 0.25) is 0 Å². The highest BCUT2D eigenvalue weighted by molar-refractivity contribution is 5.81. The summed E-state index contributed by atoms with van der Waals surface area (Å²) < 4.78 is 0. The van der Waals surface area contributed by atoms with E-state index in [1.165, 1.54) is 0 Å². The molecule has 3 aromatic carbocycles. The van der Waals surface area contributed by atoms with E-state index in [9.17, 15) is 30.3 Å². The fourth-order valence-electron chi connectivity index (χ4n) is 2.18. The molecule has 30 heavy (non-hydrogen) atoms. The second-order valence-electron chi connectivity index (χ2n) is 5.61. The van der Waals surface area contributed by atoms with Gasteiger partial charge in [-0.05, 0) is 17.7 Å². The summed E-state index contributed by atoms with van der Waals surface area (Å²) in [5.41, 5.74) is -0.897. The van der Waals surface area contributed by atoms with Gasteiger partial charge in [0.05, 0.1) is 32.6 Å². The van der Waals surface area contributed by atoms with Crippen LogP contribution in [0.4, 0.5) is 22.7 Å². The third kappa shape index (κ3) is 5.92. The van der Waals surface area contributed by atoms with E-state index in [1.54, 1.807) is 0 Å². The Morgan fingerprint density at radius 1 is 0.733 bits per heavy atom. The van der Waals surface area contributed by atoms with Crippen molar-refractivity contribution in [2.75, 3.05) is 0 Å². The van der Waals surface area contributed by atoms with Crippen LogP contribution in [0.3, 0.4) is 0 Å². The van der Waals surface area contributed by atoms with Crippen LogP contribution >= 0.6 is 0 Å². The largest absolute Gasteiger partial charge is 0.497 e. The molecular weight excluding hydrogens is 396 g/mol. The Labute approximate surface area is 169 Å². The third-order valence-electron chi connectivity index (χ3n) is 3.58. The maximum absolute atomic E-state index is 10.4. The van der Waals surface area contributed by atoms with E-state index in [0.29, 0.717) is 12.1 Å². The van der Waals surface area contributed by atoms with Gasteiger partial charge in [0.15, 0.2) is 0 Å². The number of nitrogens with zero attached hydrogens (tertiary/aromatic N) is 4. The molecule has 0 aliphatic rings. The smallest absolute Gasteiger partial charge is 0.324 e. The van der Waals surface area contributed by atoms with Gasteiger partial charge in [-0.1, -0.05) is 48.5 Å². The molecule has 0 saturated heterocycles. The molecule has 0 spiro atoms. The molecule has 3 rings (SSSR count). The van der Waals surface area contributed by atoms with Crippen molar-refractivity contribution in [2.45, 2.75) is 0 Å². The summed E-state index contributed by atoms with van der Waals surface area (Å²) in [7, 11) is 0. The van der Waals surface area contributed by atoms with Crippen molar-refractivity contribution in [3.63, 3.8) is 0 Å². The maximum atomic E-state index is 10.4. The zero-order chi connectivity index (χ0) is 22.1. The molecule has 0 atom stereocenters. The number of benzene rings is 3. The summed E-state index contributed by atoms with van der Waals surface area (Å²) in [5, 5.41) is 40.2. The van der Waals surface area contributed by atoms with Crippen LogP contribution in [0, 0.1) is 30.3 Å². The van der Waals surface area contributed by atoms with Gasteiger partial charge in [0.25, 0.3) is 11.4 Å². The number of aliphatic imine (C=N–C) groups is 1. The lowest BCUT2D eigenvalue weighted by molar-refractivity contribution is -0.404. The number of hydrogen-bond acceptors (Lipinski definition) is 8. The van der Waals surface area contributed by atoms with Gasteiger partial charge < -0.3 is 5.11 Å². The van der Waals surface area contributed by atoms with Gasteiger partial charge in [-0.25, -0.2) is 0 Å². The van der Waals surface area contributed by atoms with Crippen molar-refractivity contribution < 1.29 is 19.9 Å². The van der Waals surface area contributed by atoms with Crippen LogP contribution in [0.1, 0.15) is 5.56 Å². The van der Waals surface area contributed by atoms with Crippen molar-refractivity contribution >= 4 is 29.0 Å². The molecular formula is C19H14N4O7. The van der Waals surface area contributed by atoms with E-state index in [0.717, 1.165) is 11.3 Å². The Morgan fingerprint density at radius 3 is 1.63 bits per heavy atom. The van der Waals surface area contributed by atoms with Crippen molar-refractivity contribution in [1.29, 1.82) is 0 Å². The number of rotatable bonds is 5. The predicted octanol–water partition coefficient (Wildman–Crippen LogP) is 4.55. The van der Waals surface area contributed by atoms with Crippen molar-refractivity contribution in [2.24, 2.45) is 4.99 Å². The minimum Gasteiger partial charge on any atom is -0.497 e. The average Bonchev–Trinajstić information content (AvgIpc) is 2.74. The van der Waals surface area contributed by atoms with Gasteiger partial charge in [0.1, 0.15) is 0 Å². The van der Waals surface area contributed by atoms with Crippen molar-refractivity contribution in [3.05, 3.63) is 109 Å². The first-order valence-corrected chi connectivity index (χ1v) is 8.24. The van der Waals surface area contributed by atoms with Crippen LogP contribution < -0.4 is 0 Å². The van der Waals surface area contributed by atoms with Gasteiger partial charge in [-0.3, -0.25) is 35.3 Å². The molecule has 11 nitrogen and oxygen atoms in total. The molecule has 0 saturated carbocycles. The SMILES string of the molecule is C(=Nc1ccccc1)c1ccccc1.O=[N+]([O-])c1cc([N+](=O)[O-])c(O)c([N+](=O)[O-])c1. The Morgan fingerprint density at radius 2 is 1.20 bits per heavy atom. The monoisotopic (exact) mass is 410 g/mol. The highest BCUT2D eigenvalue weighted by Crippen LogP contribution is 2.38. The molecule has 152 valence electrons. The lowest BCUT2D eigenvalue weighted by Crippen LogP contribution is -1.97. The quantitative estimate of drug-likeness (QED) is 0.366. The molecule has 0 amide bonds. The number of aromatic hydroxyl groups is 1. The van der Waals surface area contributed by atoms with Gasteiger partial charge in [-0.15, -0.1) is 0 Å². The van der Waals surface area contributed by atoms with Gasteiger partial charge in [-0.2, -0.15) is 0 Å². The maximum Gasteiger partial charge on any atom is 0.324 e. The van der Waals surface area contributed by atoms with Crippen molar-refractivity contribution in [3.8, 4) is 5.75 Å². The summed E-state index contributed by atoms with van der Waals surface area (Å²) in [6.45, 7) is 0. The second kappa shape index (κ2) is 10.0.